The van der Waals surface area contributed by atoms with Crippen molar-refractivity contribution in [3.63, 3.8) is 0 Å². The van der Waals surface area contributed by atoms with Crippen molar-refractivity contribution in [3.05, 3.63) is 95.8 Å². The summed E-state index contributed by atoms with van der Waals surface area (Å²) in [7, 11) is 0. The molecule has 0 unspecified atom stereocenters. The Kier molecular flexibility index (Phi) is 9.60. The summed E-state index contributed by atoms with van der Waals surface area (Å²) < 4.78 is 5.42. The van der Waals surface area contributed by atoms with Gasteiger partial charge >= 0.3 is 6.09 Å². The van der Waals surface area contributed by atoms with E-state index in [4.69, 9.17) is 4.74 Å². The maximum atomic E-state index is 13.9. The molecule has 2 aromatic carbocycles. The van der Waals surface area contributed by atoms with Gasteiger partial charge in [0.05, 0.1) is 6.04 Å². The van der Waals surface area contributed by atoms with E-state index in [0.29, 0.717) is 25.8 Å². The molecule has 216 valence electrons. The van der Waals surface area contributed by atoms with Crippen molar-refractivity contribution in [2.75, 3.05) is 6.54 Å². The van der Waals surface area contributed by atoms with Crippen LogP contribution >= 0.6 is 0 Å². The molecule has 0 spiro atoms. The average molecular weight is 559 g/mol. The Bertz CT molecular complexity index is 1310. The molecule has 3 amide bonds. The molecule has 2 heterocycles. The van der Waals surface area contributed by atoms with Crippen molar-refractivity contribution < 1.29 is 24.2 Å². The molecule has 1 aliphatic heterocycles. The maximum Gasteiger partial charge on any atom is 0.408 e. The minimum Gasteiger partial charge on any atom is -0.508 e. The van der Waals surface area contributed by atoms with Gasteiger partial charge in [-0.2, -0.15) is 0 Å². The Hall–Kier alpha value is -4.40. The van der Waals surface area contributed by atoms with Crippen LogP contribution in [-0.2, 0) is 27.2 Å². The number of pyridine rings is 1. The minimum atomic E-state index is -0.957. The molecular formula is C32H38N4O5. The predicted octanol–water partition coefficient (Wildman–Crippen LogP) is 4.31. The van der Waals surface area contributed by atoms with Gasteiger partial charge in [0, 0.05) is 31.3 Å². The Balaban J connectivity index is 1.53. The van der Waals surface area contributed by atoms with Crippen LogP contribution in [0.4, 0.5) is 4.79 Å². The third-order valence-corrected chi connectivity index (χ3v) is 6.86. The normalized spacial score (nSPS) is 16.5. The highest BCUT2D eigenvalue weighted by molar-refractivity contribution is 5.92. The lowest BCUT2D eigenvalue weighted by atomic mass is 10.0. The second kappa shape index (κ2) is 13.3. The highest BCUT2D eigenvalue weighted by Gasteiger charge is 2.39. The summed E-state index contributed by atoms with van der Waals surface area (Å²) >= 11 is 0. The fourth-order valence-corrected chi connectivity index (χ4v) is 4.95. The molecule has 41 heavy (non-hydrogen) atoms. The molecule has 9 nitrogen and oxygen atoms in total. The van der Waals surface area contributed by atoms with Gasteiger partial charge in [0.25, 0.3) is 0 Å². The topological polar surface area (TPSA) is 121 Å². The standard InChI is InChI=1S/C32H38N4O5/c1-32(2,3)41-31(40)35-27(20-22-14-16-25(37)17-15-22)30(39)36-19-9-13-28(36)29(38)34-26(23-10-5-4-6-11-23)21-24-12-7-8-18-33-24/h4-8,10-12,14-18,26-28,37H,9,13,19-21H2,1-3H3,(H,34,38)(H,35,40)/t26-,27-,28-/m0/s1. The van der Waals surface area contributed by atoms with Crippen LogP contribution in [0.2, 0.25) is 0 Å². The van der Waals surface area contributed by atoms with E-state index in [1.54, 1.807) is 44.0 Å². The van der Waals surface area contributed by atoms with Crippen LogP contribution in [0, 0.1) is 0 Å². The van der Waals surface area contributed by atoms with Crippen molar-refractivity contribution >= 4 is 17.9 Å². The number of phenols is 1. The molecule has 0 radical (unpaired) electrons. The summed E-state index contributed by atoms with van der Waals surface area (Å²) in [5, 5.41) is 15.6. The van der Waals surface area contributed by atoms with Gasteiger partial charge in [-0.3, -0.25) is 14.6 Å². The molecule has 1 fully saturated rings. The Morgan fingerprint density at radius 3 is 2.34 bits per heavy atom. The summed E-state index contributed by atoms with van der Waals surface area (Å²) in [6.45, 7) is 5.64. The number of hydrogen-bond acceptors (Lipinski definition) is 6. The number of amides is 3. The lowest BCUT2D eigenvalue weighted by Crippen LogP contribution is -2.55. The van der Waals surface area contributed by atoms with Crippen LogP contribution < -0.4 is 10.6 Å². The molecule has 1 saturated heterocycles. The van der Waals surface area contributed by atoms with E-state index < -0.39 is 23.8 Å². The van der Waals surface area contributed by atoms with Gasteiger partial charge in [-0.25, -0.2) is 4.79 Å². The molecule has 4 rings (SSSR count). The lowest BCUT2D eigenvalue weighted by Gasteiger charge is -2.30. The van der Waals surface area contributed by atoms with Gasteiger partial charge in [-0.05, 0) is 69.0 Å². The van der Waals surface area contributed by atoms with E-state index >= 15 is 0 Å². The van der Waals surface area contributed by atoms with Crippen molar-refractivity contribution in [1.82, 2.24) is 20.5 Å². The molecule has 3 aromatic rings. The minimum absolute atomic E-state index is 0.103. The summed E-state index contributed by atoms with van der Waals surface area (Å²) in [6.07, 6.45) is 2.87. The number of nitrogens with one attached hydrogen (secondary N) is 2. The zero-order valence-electron chi connectivity index (χ0n) is 23.7. The maximum absolute atomic E-state index is 13.9. The van der Waals surface area contributed by atoms with Gasteiger partial charge in [0.2, 0.25) is 11.8 Å². The molecule has 0 saturated carbocycles. The SMILES string of the molecule is CC(C)(C)OC(=O)N[C@@H](Cc1ccc(O)cc1)C(=O)N1CCC[C@H]1C(=O)N[C@@H](Cc1ccccn1)c1ccccc1. The van der Waals surface area contributed by atoms with E-state index in [-0.39, 0.29) is 30.0 Å². The third kappa shape index (κ3) is 8.54. The Morgan fingerprint density at radius 2 is 1.68 bits per heavy atom. The van der Waals surface area contributed by atoms with Crippen molar-refractivity contribution in [2.45, 2.75) is 70.2 Å². The van der Waals surface area contributed by atoms with Gasteiger partial charge in [0.1, 0.15) is 23.4 Å². The van der Waals surface area contributed by atoms with E-state index in [1.807, 2.05) is 48.5 Å². The third-order valence-electron chi connectivity index (χ3n) is 6.86. The monoisotopic (exact) mass is 558 g/mol. The van der Waals surface area contributed by atoms with Crippen LogP contribution in [0.5, 0.6) is 5.75 Å². The molecule has 1 aliphatic rings. The van der Waals surface area contributed by atoms with E-state index in [9.17, 15) is 19.5 Å². The number of benzene rings is 2. The number of hydrogen-bond donors (Lipinski definition) is 3. The largest absolute Gasteiger partial charge is 0.508 e. The summed E-state index contributed by atoms with van der Waals surface area (Å²) in [5.74, 6) is -0.504. The first kappa shape index (κ1) is 29.6. The number of carbonyl (C=O) groups excluding carboxylic acids is 3. The highest BCUT2D eigenvalue weighted by Crippen LogP contribution is 2.23. The van der Waals surface area contributed by atoms with Crippen molar-refractivity contribution in [1.29, 1.82) is 0 Å². The molecule has 3 atom stereocenters. The summed E-state index contributed by atoms with van der Waals surface area (Å²) in [4.78, 5) is 46.3. The Morgan fingerprint density at radius 1 is 0.976 bits per heavy atom. The summed E-state index contributed by atoms with van der Waals surface area (Å²) in [5.41, 5.74) is 1.79. The zero-order chi connectivity index (χ0) is 29.4. The first-order valence-corrected chi connectivity index (χ1v) is 13.9. The zero-order valence-corrected chi connectivity index (χ0v) is 23.7. The van der Waals surface area contributed by atoms with Crippen LogP contribution in [-0.4, -0.2) is 57.1 Å². The van der Waals surface area contributed by atoms with E-state index in [1.165, 1.54) is 12.1 Å². The fraction of sp³-hybridized carbons (Fsp3) is 0.375. The fourth-order valence-electron chi connectivity index (χ4n) is 4.95. The number of phenolic OH excluding ortho intramolecular Hbond substituents is 1. The second-order valence-electron chi connectivity index (χ2n) is 11.3. The number of rotatable bonds is 9. The van der Waals surface area contributed by atoms with Gasteiger partial charge in [-0.15, -0.1) is 0 Å². The van der Waals surface area contributed by atoms with Gasteiger partial charge < -0.3 is 25.4 Å². The van der Waals surface area contributed by atoms with Crippen LogP contribution in [0.3, 0.4) is 0 Å². The molecule has 3 N–H and O–H groups in total. The number of ether oxygens (including phenoxy) is 1. The molecule has 0 aliphatic carbocycles. The van der Waals surface area contributed by atoms with E-state index in [2.05, 4.69) is 15.6 Å². The number of aromatic nitrogens is 1. The van der Waals surface area contributed by atoms with Crippen molar-refractivity contribution in [2.24, 2.45) is 0 Å². The summed E-state index contributed by atoms with van der Waals surface area (Å²) in [6, 6.07) is 19.9. The molecule has 9 heteroatoms. The number of likely N-dealkylation sites (tertiary alicyclic amines) is 1. The Labute approximate surface area is 240 Å². The van der Waals surface area contributed by atoms with Crippen LogP contribution in [0.1, 0.15) is 56.5 Å². The van der Waals surface area contributed by atoms with Crippen LogP contribution in [0.25, 0.3) is 0 Å². The van der Waals surface area contributed by atoms with Crippen LogP contribution in [0.15, 0.2) is 79.0 Å². The first-order chi connectivity index (χ1) is 19.6. The van der Waals surface area contributed by atoms with Crippen molar-refractivity contribution in [3.8, 4) is 5.75 Å². The number of aromatic hydroxyl groups is 1. The highest BCUT2D eigenvalue weighted by atomic mass is 16.6. The van der Waals surface area contributed by atoms with E-state index in [0.717, 1.165) is 16.8 Å². The molecule has 0 bridgehead atoms. The van der Waals surface area contributed by atoms with Gasteiger partial charge in [0.15, 0.2) is 0 Å². The predicted molar refractivity (Wildman–Crippen MR) is 155 cm³/mol. The first-order valence-electron chi connectivity index (χ1n) is 13.9. The lowest BCUT2D eigenvalue weighted by molar-refractivity contribution is -0.140. The molecular weight excluding hydrogens is 520 g/mol. The smallest absolute Gasteiger partial charge is 0.408 e. The van der Waals surface area contributed by atoms with Gasteiger partial charge in [-0.1, -0.05) is 48.5 Å². The second-order valence-corrected chi connectivity index (χ2v) is 11.3. The number of nitrogens with zero attached hydrogens (tertiary/aromatic N) is 2. The molecule has 1 aromatic heterocycles. The average Bonchev–Trinajstić information content (AvgIpc) is 3.43. The number of carbonyl (C=O) groups is 3. The quantitative estimate of drug-likeness (QED) is 0.360. The number of alkyl carbamates (subject to hydrolysis) is 1.